The van der Waals surface area contributed by atoms with Crippen LogP contribution in [0.2, 0.25) is 0 Å². The van der Waals surface area contributed by atoms with Crippen LogP contribution in [0.3, 0.4) is 0 Å². The molecular formula is C10H19Cl2O3PS. The SMILES string of the molecule is CCCCOP(=S)(OC=C(Cl)Cl)OCCCC. The summed E-state index contributed by atoms with van der Waals surface area (Å²) in [5.41, 5.74) is 0. The van der Waals surface area contributed by atoms with E-state index in [0.29, 0.717) is 13.2 Å². The number of rotatable bonds is 10. The molecule has 0 rings (SSSR count). The zero-order valence-corrected chi connectivity index (χ0v) is 13.4. The van der Waals surface area contributed by atoms with Crippen LogP contribution in [-0.4, -0.2) is 13.2 Å². The van der Waals surface area contributed by atoms with E-state index in [2.05, 4.69) is 13.8 Å². The average molecular weight is 321 g/mol. The fraction of sp³-hybridized carbons (Fsp3) is 0.800. The molecule has 0 heterocycles. The first-order valence-corrected chi connectivity index (χ1v) is 8.94. The van der Waals surface area contributed by atoms with Crippen molar-refractivity contribution in [1.82, 2.24) is 0 Å². The summed E-state index contributed by atoms with van der Waals surface area (Å²) in [4.78, 5) is 0. The highest BCUT2D eigenvalue weighted by Crippen LogP contribution is 2.50. The highest BCUT2D eigenvalue weighted by atomic mass is 35.5. The average Bonchev–Trinajstić information content (AvgIpc) is 2.27. The van der Waals surface area contributed by atoms with Crippen molar-refractivity contribution in [1.29, 1.82) is 0 Å². The summed E-state index contributed by atoms with van der Waals surface area (Å²) >= 11 is 16.2. The lowest BCUT2D eigenvalue weighted by Gasteiger charge is -2.20. The molecule has 0 aromatic carbocycles. The monoisotopic (exact) mass is 320 g/mol. The molecule has 3 nitrogen and oxygen atoms in total. The first kappa shape index (κ1) is 17.7. The van der Waals surface area contributed by atoms with Gasteiger partial charge in [0.25, 0.3) is 0 Å². The van der Waals surface area contributed by atoms with E-state index in [1.54, 1.807) is 0 Å². The molecule has 7 heteroatoms. The van der Waals surface area contributed by atoms with Gasteiger partial charge in [-0.25, -0.2) is 0 Å². The Morgan fingerprint density at radius 1 is 1.12 bits per heavy atom. The second-order valence-corrected chi connectivity index (χ2v) is 7.30. The van der Waals surface area contributed by atoms with Gasteiger partial charge in [-0.2, -0.15) is 0 Å². The summed E-state index contributed by atoms with van der Waals surface area (Å²) in [7, 11) is 0. The fourth-order valence-corrected chi connectivity index (χ4v) is 2.77. The second-order valence-electron chi connectivity index (χ2n) is 3.33. The summed E-state index contributed by atoms with van der Waals surface area (Å²) in [5.74, 6) is 0. The van der Waals surface area contributed by atoms with Gasteiger partial charge in [-0.05, 0) is 12.8 Å². The van der Waals surface area contributed by atoms with E-state index in [1.165, 1.54) is 6.26 Å². The highest BCUT2D eigenvalue weighted by Gasteiger charge is 2.20. The third-order valence-corrected chi connectivity index (χ3v) is 4.20. The van der Waals surface area contributed by atoms with Gasteiger partial charge in [-0.3, -0.25) is 9.05 Å². The minimum absolute atomic E-state index is 0.00240. The summed E-state index contributed by atoms with van der Waals surface area (Å²) in [6.45, 7) is 2.44. The van der Waals surface area contributed by atoms with Crippen molar-refractivity contribution in [3.8, 4) is 0 Å². The smallest absolute Gasteiger partial charge is 0.380 e. The molecule has 0 aliphatic carbocycles. The van der Waals surface area contributed by atoms with E-state index in [0.717, 1.165) is 25.7 Å². The number of hydrogen-bond donors (Lipinski definition) is 0. The molecular weight excluding hydrogens is 302 g/mol. The van der Waals surface area contributed by atoms with E-state index >= 15 is 0 Å². The Balaban J connectivity index is 4.24. The summed E-state index contributed by atoms with van der Waals surface area (Å²) in [6.07, 6.45) is 5.04. The third-order valence-electron chi connectivity index (χ3n) is 1.77. The van der Waals surface area contributed by atoms with Gasteiger partial charge in [0.15, 0.2) is 0 Å². The van der Waals surface area contributed by atoms with Gasteiger partial charge in [-0.1, -0.05) is 49.9 Å². The van der Waals surface area contributed by atoms with Crippen molar-refractivity contribution in [2.24, 2.45) is 0 Å². The van der Waals surface area contributed by atoms with Gasteiger partial charge >= 0.3 is 6.72 Å². The van der Waals surface area contributed by atoms with Crippen molar-refractivity contribution in [3.63, 3.8) is 0 Å². The van der Waals surface area contributed by atoms with E-state index < -0.39 is 6.72 Å². The van der Waals surface area contributed by atoms with Crippen molar-refractivity contribution < 1.29 is 13.6 Å². The largest absolute Gasteiger partial charge is 0.430 e. The molecule has 0 aliphatic rings. The Kier molecular flexibility index (Phi) is 11.0. The maximum atomic E-state index is 5.49. The number of hydrogen-bond acceptors (Lipinski definition) is 4. The van der Waals surface area contributed by atoms with E-state index in [-0.39, 0.29) is 4.49 Å². The molecule has 17 heavy (non-hydrogen) atoms. The van der Waals surface area contributed by atoms with Crippen molar-refractivity contribution in [2.75, 3.05) is 13.2 Å². The normalized spacial score (nSPS) is 11.3. The quantitative estimate of drug-likeness (QED) is 0.316. The molecule has 0 spiro atoms. The molecule has 0 saturated carbocycles. The summed E-state index contributed by atoms with van der Waals surface area (Å²) < 4.78 is 16.2. The minimum atomic E-state index is -2.74. The van der Waals surface area contributed by atoms with Gasteiger partial charge in [0.1, 0.15) is 10.8 Å². The fourth-order valence-electron chi connectivity index (χ4n) is 0.844. The maximum absolute atomic E-state index is 5.49. The van der Waals surface area contributed by atoms with Gasteiger partial charge in [0, 0.05) is 11.8 Å². The van der Waals surface area contributed by atoms with Gasteiger partial charge in [-0.15, -0.1) is 0 Å². The van der Waals surface area contributed by atoms with Crippen LogP contribution in [0.4, 0.5) is 0 Å². The molecule has 0 aromatic heterocycles. The van der Waals surface area contributed by atoms with Gasteiger partial charge in [0.2, 0.25) is 0 Å². The van der Waals surface area contributed by atoms with Crippen LogP contribution >= 0.6 is 29.9 Å². The molecule has 0 radical (unpaired) electrons. The zero-order valence-electron chi connectivity index (χ0n) is 10.2. The molecule has 0 amide bonds. The van der Waals surface area contributed by atoms with Crippen LogP contribution in [0.25, 0.3) is 0 Å². The van der Waals surface area contributed by atoms with Crippen LogP contribution in [0.5, 0.6) is 0 Å². The van der Waals surface area contributed by atoms with Crippen LogP contribution in [0.1, 0.15) is 39.5 Å². The molecule has 0 saturated heterocycles. The Labute approximate surface area is 119 Å². The minimum Gasteiger partial charge on any atom is -0.430 e. The van der Waals surface area contributed by atoms with Crippen LogP contribution in [0, 0.1) is 0 Å². The second kappa shape index (κ2) is 10.6. The summed E-state index contributed by atoms with van der Waals surface area (Å²) in [6, 6.07) is 0. The Bertz CT molecular complexity index is 256. The van der Waals surface area contributed by atoms with E-state index in [1.807, 2.05) is 0 Å². The van der Waals surface area contributed by atoms with Crippen LogP contribution < -0.4 is 0 Å². The molecule has 0 bridgehead atoms. The standard InChI is InChI=1S/C10H19Cl2O3PS/c1-3-5-7-13-16(17,14-8-6-4-2)15-9-10(11)12/h9H,3-8H2,1-2H3. The first-order valence-electron chi connectivity index (χ1n) is 5.62. The molecule has 0 unspecified atom stereocenters. The Morgan fingerprint density at radius 2 is 1.59 bits per heavy atom. The predicted octanol–water partition coefficient (Wildman–Crippen LogP) is 5.14. The van der Waals surface area contributed by atoms with E-state index in [9.17, 15) is 0 Å². The number of halogens is 2. The number of unbranched alkanes of at least 4 members (excludes halogenated alkanes) is 2. The highest BCUT2D eigenvalue weighted by molar-refractivity contribution is 8.07. The topological polar surface area (TPSA) is 27.7 Å². The molecule has 0 aliphatic heterocycles. The Hall–Kier alpha value is 0.690. The Morgan fingerprint density at radius 3 is 1.94 bits per heavy atom. The molecule has 0 aromatic rings. The van der Waals surface area contributed by atoms with Crippen LogP contribution in [-0.2, 0) is 25.4 Å². The van der Waals surface area contributed by atoms with Crippen molar-refractivity contribution in [3.05, 3.63) is 10.8 Å². The predicted molar refractivity (Wildman–Crippen MR) is 76.9 cm³/mol. The van der Waals surface area contributed by atoms with Gasteiger partial charge in [0.05, 0.1) is 13.2 Å². The molecule has 102 valence electrons. The van der Waals surface area contributed by atoms with Gasteiger partial charge < -0.3 is 4.52 Å². The van der Waals surface area contributed by atoms with Crippen molar-refractivity contribution in [2.45, 2.75) is 39.5 Å². The lowest BCUT2D eigenvalue weighted by atomic mass is 10.4. The van der Waals surface area contributed by atoms with E-state index in [4.69, 9.17) is 48.6 Å². The summed E-state index contributed by atoms with van der Waals surface area (Å²) in [5, 5.41) is 0. The first-order chi connectivity index (χ1) is 8.04. The molecule has 0 atom stereocenters. The molecule has 0 fully saturated rings. The lowest BCUT2D eigenvalue weighted by molar-refractivity contribution is 0.185. The van der Waals surface area contributed by atoms with Crippen molar-refractivity contribution >= 4 is 41.7 Å². The maximum Gasteiger partial charge on any atom is 0.380 e. The molecule has 0 N–H and O–H groups in total. The lowest BCUT2D eigenvalue weighted by Crippen LogP contribution is -2.00. The zero-order chi connectivity index (χ0) is 13.1. The van der Waals surface area contributed by atoms with Crippen LogP contribution in [0.15, 0.2) is 10.8 Å². The third kappa shape index (κ3) is 10.3.